The van der Waals surface area contributed by atoms with E-state index in [4.69, 9.17) is 16.0 Å². The SMILES string of the molecule is CCN(Cc1ccco1)C(=O)c1ccc(Cl)cc1Br. The number of halogens is 2. The summed E-state index contributed by atoms with van der Waals surface area (Å²) in [6, 6.07) is 8.81. The van der Waals surface area contributed by atoms with Gasteiger partial charge in [-0.1, -0.05) is 11.6 Å². The molecule has 0 radical (unpaired) electrons. The van der Waals surface area contributed by atoms with Gasteiger partial charge in [-0.2, -0.15) is 0 Å². The zero-order valence-electron chi connectivity index (χ0n) is 10.4. The van der Waals surface area contributed by atoms with Gasteiger partial charge in [0, 0.05) is 16.0 Å². The molecule has 0 aliphatic rings. The molecule has 0 unspecified atom stereocenters. The quantitative estimate of drug-likeness (QED) is 0.827. The summed E-state index contributed by atoms with van der Waals surface area (Å²) in [6.45, 7) is 3.00. The monoisotopic (exact) mass is 341 g/mol. The van der Waals surface area contributed by atoms with Crippen LogP contribution in [0.3, 0.4) is 0 Å². The van der Waals surface area contributed by atoms with E-state index in [0.29, 0.717) is 28.1 Å². The molecule has 100 valence electrons. The van der Waals surface area contributed by atoms with Crippen LogP contribution in [0.2, 0.25) is 5.02 Å². The number of carbonyl (C=O) groups excluding carboxylic acids is 1. The highest BCUT2D eigenvalue weighted by atomic mass is 79.9. The van der Waals surface area contributed by atoms with Crippen molar-refractivity contribution >= 4 is 33.4 Å². The molecular weight excluding hydrogens is 330 g/mol. The molecule has 5 heteroatoms. The second-order valence-corrected chi connectivity index (χ2v) is 5.31. The number of hydrogen-bond donors (Lipinski definition) is 0. The fourth-order valence-electron chi connectivity index (χ4n) is 1.75. The Hall–Kier alpha value is -1.26. The topological polar surface area (TPSA) is 33.5 Å². The second-order valence-electron chi connectivity index (χ2n) is 4.02. The van der Waals surface area contributed by atoms with E-state index in [9.17, 15) is 4.79 Å². The Morgan fingerprint density at radius 1 is 1.42 bits per heavy atom. The summed E-state index contributed by atoms with van der Waals surface area (Å²) in [5.41, 5.74) is 0.595. The molecule has 0 aliphatic carbocycles. The van der Waals surface area contributed by atoms with Crippen LogP contribution in [-0.2, 0) is 6.54 Å². The van der Waals surface area contributed by atoms with Gasteiger partial charge in [0.1, 0.15) is 5.76 Å². The number of carbonyl (C=O) groups is 1. The molecule has 0 spiro atoms. The number of nitrogens with zero attached hydrogens (tertiary/aromatic N) is 1. The summed E-state index contributed by atoms with van der Waals surface area (Å²) >= 11 is 9.25. The Labute approximate surface area is 125 Å². The molecule has 2 aromatic rings. The minimum Gasteiger partial charge on any atom is -0.467 e. The van der Waals surface area contributed by atoms with E-state index in [-0.39, 0.29) is 5.91 Å². The molecule has 0 saturated carbocycles. The average molecular weight is 343 g/mol. The van der Waals surface area contributed by atoms with E-state index in [2.05, 4.69) is 15.9 Å². The van der Waals surface area contributed by atoms with Gasteiger partial charge < -0.3 is 9.32 Å². The van der Waals surface area contributed by atoms with Gasteiger partial charge in [0.15, 0.2) is 0 Å². The molecule has 0 atom stereocenters. The van der Waals surface area contributed by atoms with Crippen molar-refractivity contribution in [2.45, 2.75) is 13.5 Å². The Morgan fingerprint density at radius 3 is 2.79 bits per heavy atom. The maximum absolute atomic E-state index is 12.4. The van der Waals surface area contributed by atoms with Gasteiger partial charge >= 0.3 is 0 Å². The van der Waals surface area contributed by atoms with Gasteiger partial charge in [-0.05, 0) is 53.2 Å². The molecular formula is C14H13BrClNO2. The van der Waals surface area contributed by atoms with E-state index in [0.717, 1.165) is 5.76 Å². The van der Waals surface area contributed by atoms with E-state index in [1.165, 1.54) is 0 Å². The molecule has 19 heavy (non-hydrogen) atoms. The molecule has 0 N–H and O–H groups in total. The van der Waals surface area contributed by atoms with Crippen LogP contribution >= 0.6 is 27.5 Å². The first-order valence-electron chi connectivity index (χ1n) is 5.88. The van der Waals surface area contributed by atoms with Crippen molar-refractivity contribution < 1.29 is 9.21 Å². The molecule has 1 heterocycles. The van der Waals surface area contributed by atoms with Crippen LogP contribution in [0.1, 0.15) is 23.0 Å². The molecule has 1 aromatic carbocycles. The normalized spacial score (nSPS) is 10.5. The Kier molecular flexibility index (Phi) is 4.66. The third-order valence-electron chi connectivity index (χ3n) is 2.76. The van der Waals surface area contributed by atoms with Crippen molar-refractivity contribution in [3.63, 3.8) is 0 Å². The summed E-state index contributed by atoms with van der Waals surface area (Å²) < 4.78 is 5.97. The molecule has 2 rings (SSSR count). The lowest BCUT2D eigenvalue weighted by Crippen LogP contribution is -2.30. The maximum Gasteiger partial charge on any atom is 0.255 e. The summed E-state index contributed by atoms with van der Waals surface area (Å²) in [6.07, 6.45) is 1.60. The van der Waals surface area contributed by atoms with E-state index in [1.54, 1.807) is 29.4 Å². The zero-order chi connectivity index (χ0) is 13.8. The highest BCUT2D eigenvalue weighted by molar-refractivity contribution is 9.10. The van der Waals surface area contributed by atoms with Crippen molar-refractivity contribution in [1.82, 2.24) is 4.90 Å². The lowest BCUT2D eigenvalue weighted by Gasteiger charge is -2.20. The minimum absolute atomic E-state index is 0.0533. The van der Waals surface area contributed by atoms with Crippen molar-refractivity contribution in [3.05, 3.63) is 57.4 Å². The Morgan fingerprint density at radius 2 is 2.21 bits per heavy atom. The predicted octanol–water partition coefficient (Wildman–Crippen LogP) is 4.36. The fourth-order valence-corrected chi connectivity index (χ4v) is 2.60. The van der Waals surface area contributed by atoms with Crippen LogP contribution < -0.4 is 0 Å². The molecule has 3 nitrogen and oxygen atoms in total. The molecule has 0 bridgehead atoms. The van der Waals surface area contributed by atoms with Gasteiger partial charge in [0.25, 0.3) is 5.91 Å². The second kappa shape index (κ2) is 6.26. The smallest absolute Gasteiger partial charge is 0.255 e. The molecule has 0 aliphatic heterocycles. The summed E-state index contributed by atoms with van der Waals surface area (Å²) in [5.74, 6) is 0.711. The van der Waals surface area contributed by atoms with Gasteiger partial charge in [0.2, 0.25) is 0 Å². The first-order valence-corrected chi connectivity index (χ1v) is 7.05. The largest absolute Gasteiger partial charge is 0.467 e. The van der Waals surface area contributed by atoms with Crippen LogP contribution in [-0.4, -0.2) is 17.4 Å². The van der Waals surface area contributed by atoms with Crippen LogP contribution in [0.5, 0.6) is 0 Å². The highest BCUT2D eigenvalue weighted by Gasteiger charge is 2.18. The number of hydrogen-bond acceptors (Lipinski definition) is 2. The number of furan rings is 1. The van der Waals surface area contributed by atoms with Gasteiger partial charge in [-0.3, -0.25) is 4.79 Å². The zero-order valence-corrected chi connectivity index (χ0v) is 12.7. The number of rotatable bonds is 4. The highest BCUT2D eigenvalue weighted by Crippen LogP contribution is 2.23. The summed E-state index contributed by atoms with van der Waals surface area (Å²) in [7, 11) is 0. The molecule has 0 fully saturated rings. The summed E-state index contributed by atoms with van der Waals surface area (Å²) in [4.78, 5) is 14.2. The van der Waals surface area contributed by atoms with E-state index >= 15 is 0 Å². The fraction of sp³-hybridized carbons (Fsp3) is 0.214. The molecule has 1 aromatic heterocycles. The first-order chi connectivity index (χ1) is 9.11. The number of amides is 1. The average Bonchev–Trinajstić information content (AvgIpc) is 2.88. The van der Waals surface area contributed by atoms with Crippen LogP contribution in [0, 0.1) is 0 Å². The molecule has 1 amide bonds. The minimum atomic E-state index is -0.0533. The Balaban J connectivity index is 2.20. The lowest BCUT2D eigenvalue weighted by molar-refractivity contribution is 0.0740. The van der Waals surface area contributed by atoms with Gasteiger partial charge in [-0.15, -0.1) is 0 Å². The Bertz CT molecular complexity index is 569. The van der Waals surface area contributed by atoms with Crippen molar-refractivity contribution in [3.8, 4) is 0 Å². The lowest BCUT2D eigenvalue weighted by atomic mass is 10.2. The van der Waals surface area contributed by atoms with Crippen molar-refractivity contribution in [2.75, 3.05) is 6.54 Å². The van der Waals surface area contributed by atoms with Crippen LogP contribution in [0.15, 0.2) is 45.5 Å². The summed E-state index contributed by atoms with van der Waals surface area (Å²) in [5, 5.41) is 0.595. The standard InChI is InChI=1S/C14H13BrClNO2/c1-2-17(9-11-4-3-7-19-11)14(18)12-6-5-10(16)8-13(12)15/h3-8H,2,9H2,1H3. The third-order valence-corrected chi connectivity index (χ3v) is 3.65. The van der Waals surface area contributed by atoms with Gasteiger partial charge in [0.05, 0.1) is 18.4 Å². The molecule has 0 saturated heterocycles. The third kappa shape index (κ3) is 3.39. The van der Waals surface area contributed by atoms with E-state index < -0.39 is 0 Å². The van der Waals surface area contributed by atoms with Crippen molar-refractivity contribution in [2.24, 2.45) is 0 Å². The predicted molar refractivity (Wildman–Crippen MR) is 78.3 cm³/mol. The van der Waals surface area contributed by atoms with Crippen molar-refractivity contribution in [1.29, 1.82) is 0 Å². The van der Waals surface area contributed by atoms with Crippen LogP contribution in [0.25, 0.3) is 0 Å². The first kappa shape index (κ1) is 14.2. The van der Waals surface area contributed by atoms with E-state index in [1.807, 2.05) is 19.1 Å². The maximum atomic E-state index is 12.4. The number of benzene rings is 1. The van der Waals surface area contributed by atoms with Crippen LogP contribution in [0.4, 0.5) is 0 Å². The van der Waals surface area contributed by atoms with Gasteiger partial charge in [-0.25, -0.2) is 0 Å².